The fourth-order valence-corrected chi connectivity index (χ4v) is 2.11. The van der Waals surface area contributed by atoms with Crippen LogP contribution >= 0.6 is 0 Å². The van der Waals surface area contributed by atoms with Gasteiger partial charge in [0.25, 0.3) is 0 Å². The molecule has 0 aliphatic heterocycles. The van der Waals surface area contributed by atoms with E-state index in [2.05, 4.69) is 15.3 Å². The van der Waals surface area contributed by atoms with Crippen molar-refractivity contribution in [3.05, 3.63) is 65.7 Å². The topological polar surface area (TPSA) is 57.8 Å². The number of amides is 1. The van der Waals surface area contributed by atoms with E-state index in [-0.39, 0.29) is 18.1 Å². The van der Waals surface area contributed by atoms with Gasteiger partial charge in [-0.1, -0.05) is 24.3 Å². The van der Waals surface area contributed by atoms with Gasteiger partial charge in [-0.15, -0.1) is 0 Å². The maximum absolute atomic E-state index is 12.8. The summed E-state index contributed by atoms with van der Waals surface area (Å²) in [5, 5.41) is 2.79. The minimum absolute atomic E-state index is 0.126. The number of H-pyrrole nitrogens is 1. The van der Waals surface area contributed by atoms with E-state index in [0.717, 1.165) is 16.6 Å². The molecule has 1 aromatic heterocycles. The number of aromatic amines is 1. The Kier molecular flexibility index (Phi) is 3.64. The van der Waals surface area contributed by atoms with Crippen LogP contribution < -0.4 is 5.32 Å². The normalized spacial score (nSPS) is 10.7. The lowest BCUT2D eigenvalue weighted by Gasteiger charge is -2.04. The standard InChI is InChI=1S/C16H14FN3O/c17-12-7-5-11(6-8-12)10-18-16(21)9-15-19-13-3-1-2-4-14(13)20-15/h1-8H,9-10H2,(H,18,21)(H,19,20). The van der Waals surface area contributed by atoms with Gasteiger partial charge in [-0.2, -0.15) is 0 Å². The van der Waals surface area contributed by atoms with Crippen LogP contribution in [0.2, 0.25) is 0 Å². The molecule has 0 saturated heterocycles. The zero-order valence-electron chi connectivity index (χ0n) is 11.3. The Morgan fingerprint density at radius 3 is 2.67 bits per heavy atom. The van der Waals surface area contributed by atoms with E-state index in [9.17, 15) is 9.18 Å². The maximum atomic E-state index is 12.8. The maximum Gasteiger partial charge on any atom is 0.227 e. The molecular formula is C16H14FN3O. The minimum Gasteiger partial charge on any atom is -0.352 e. The summed E-state index contributed by atoms with van der Waals surface area (Å²) in [6, 6.07) is 13.7. The third-order valence-electron chi connectivity index (χ3n) is 3.17. The molecule has 0 bridgehead atoms. The number of benzene rings is 2. The molecule has 3 aromatic rings. The van der Waals surface area contributed by atoms with Crippen molar-refractivity contribution >= 4 is 16.9 Å². The van der Waals surface area contributed by atoms with Gasteiger partial charge in [-0.25, -0.2) is 9.37 Å². The number of hydrogen-bond donors (Lipinski definition) is 2. The van der Waals surface area contributed by atoms with Gasteiger partial charge >= 0.3 is 0 Å². The van der Waals surface area contributed by atoms with Crippen molar-refractivity contribution in [1.82, 2.24) is 15.3 Å². The zero-order valence-corrected chi connectivity index (χ0v) is 11.3. The average Bonchev–Trinajstić information content (AvgIpc) is 2.88. The van der Waals surface area contributed by atoms with Crippen LogP contribution in [0.1, 0.15) is 11.4 Å². The van der Waals surface area contributed by atoms with Gasteiger partial charge in [0.1, 0.15) is 11.6 Å². The monoisotopic (exact) mass is 283 g/mol. The number of aromatic nitrogens is 2. The van der Waals surface area contributed by atoms with Gasteiger partial charge in [0.15, 0.2) is 0 Å². The molecule has 2 aromatic carbocycles. The van der Waals surface area contributed by atoms with Gasteiger partial charge in [-0.3, -0.25) is 4.79 Å². The van der Waals surface area contributed by atoms with Crippen LogP contribution in [0.5, 0.6) is 0 Å². The van der Waals surface area contributed by atoms with Crippen LogP contribution in [0.15, 0.2) is 48.5 Å². The lowest BCUT2D eigenvalue weighted by molar-refractivity contribution is -0.120. The van der Waals surface area contributed by atoms with E-state index in [1.165, 1.54) is 12.1 Å². The zero-order chi connectivity index (χ0) is 14.7. The molecule has 0 aliphatic carbocycles. The van der Waals surface area contributed by atoms with E-state index in [1.807, 2.05) is 24.3 Å². The Balaban J connectivity index is 1.59. The van der Waals surface area contributed by atoms with Crippen LogP contribution in [-0.2, 0) is 17.8 Å². The highest BCUT2D eigenvalue weighted by Crippen LogP contribution is 2.10. The van der Waals surface area contributed by atoms with Crippen LogP contribution in [-0.4, -0.2) is 15.9 Å². The lowest BCUT2D eigenvalue weighted by Crippen LogP contribution is -2.24. The van der Waals surface area contributed by atoms with Crippen LogP contribution in [0, 0.1) is 5.82 Å². The molecule has 0 unspecified atom stereocenters. The van der Waals surface area contributed by atoms with E-state index >= 15 is 0 Å². The van der Waals surface area contributed by atoms with Crippen molar-refractivity contribution in [2.45, 2.75) is 13.0 Å². The summed E-state index contributed by atoms with van der Waals surface area (Å²) in [5.74, 6) is 0.221. The third-order valence-corrected chi connectivity index (χ3v) is 3.17. The van der Waals surface area contributed by atoms with Crippen molar-refractivity contribution in [3.8, 4) is 0 Å². The number of carbonyl (C=O) groups excluding carboxylic acids is 1. The summed E-state index contributed by atoms with van der Waals surface area (Å²) in [6.45, 7) is 0.374. The smallest absolute Gasteiger partial charge is 0.227 e. The summed E-state index contributed by atoms with van der Waals surface area (Å²) in [6.07, 6.45) is 0.190. The van der Waals surface area contributed by atoms with Crippen LogP contribution in [0.3, 0.4) is 0 Å². The van der Waals surface area contributed by atoms with Crippen molar-refractivity contribution in [1.29, 1.82) is 0 Å². The number of halogens is 1. The van der Waals surface area contributed by atoms with Crippen molar-refractivity contribution in [2.75, 3.05) is 0 Å². The van der Waals surface area contributed by atoms with Gasteiger partial charge in [0.05, 0.1) is 17.5 Å². The van der Waals surface area contributed by atoms with Gasteiger partial charge < -0.3 is 10.3 Å². The Morgan fingerprint density at radius 1 is 1.14 bits per heavy atom. The molecule has 0 aliphatic rings. The van der Waals surface area contributed by atoms with Crippen molar-refractivity contribution < 1.29 is 9.18 Å². The molecule has 1 heterocycles. The number of carbonyl (C=O) groups is 1. The van der Waals surface area contributed by atoms with E-state index in [0.29, 0.717) is 12.4 Å². The highest BCUT2D eigenvalue weighted by atomic mass is 19.1. The molecule has 0 fully saturated rings. The van der Waals surface area contributed by atoms with Crippen molar-refractivity contribution in [3.63, 3.8) is 0 Å². The van der Waals surface area contributed by atoms with Gasteiger partial charge in [0.2, 0.25) is 5.91 Å². The highest BCUT2D eigenvalue weighted by molar-refractivity contribution is 5.80. The average molecular weight is 283 g/mol. The molecule has 1 amide bonds. The summed E-state index contributed by atoms with van der Waals surface area (Å²) in [4.78, 5) is 19.3. The first-order chi connectivity index (χ1) is 10.2. The quantitative estimate of drug-likeness (QED) is 0.773. The number of rotatable bonds is 4. The fourth-order valence-electron chi connectivity index (χ4n) is 2.11. The lowest BCUT2D eigenvalue weighted by atomic mass is 10.2. The Bertz CT molecular complexity index is 732. The number of nitrogens with one attached hydrogen (secondary N) is 2. The molecule has 0 saturated carbocycles. The molecule has 106 valence electrons. The second-order valence-corrected chi connectivity index (χ2v) is 4.78. The SMILES string of the molecule is O=C(Cc1nc2ccccc2[nH]1)NCc1ccc(F)cc1. The van der Waals surface area contributed by atoms with Gasteiger partial charge in [0, 0.05) is 6.54 Å². The number of nitrogens with zero attached hydrogens (tertiary/aromatic N) is 1. The second kappa shape index (κ2) is 5.75. The first-order valence-electron chi connectivity index (χ1n) is 6.65. The number of fused-ring (bicyclic) bond motifs is 1. The first kappa shape index (κ1) is 13.3. The molecule has 3 rings (SSSR count). The minimum atomic E-state index is -0.285. The van der Waals surface area contributed by atoms with Crippen molar-refractivity contribution in [2.24, 2.45) is 0 Å². The Morgan fingerprint density at radius 2 is 1.90 bits per heavy atom. The molecule has 0 spiro atoms. The van der Waals surface area contributed by atoms with Crippen LogP contribution in [0.4, 0.5) is 4.39 Å². The summed E-state index contributed by atoms with van der Waals surface area (Å²) >= 11 is 0. The number of para-hydroxylation sites is 2. The molecular weight excluding hydrogens is 269 g/mol. The highest BCUT2D eigenvalue weighted by Gasteiger charge is 2.07. The predicted molar refractivity (Wildman–Crippen MR) is 78.0 cm³/mol. The summed E-state index contributed by atoms with van der Waals surface area (Å²) in [5.41, 5.74) is 2.62. The largest absolute Gasteiger partial charge is 0.352 e. The third kappa shape index (κ3) is 3.25. The second-order valence-electron chi connectivity index (χ2n) is 4.78. The Labute approximate surface area is 121 Å². The van der Waals surface area contributed by atoms with Crippen LogP contribution in [0.25, 0.3) is 11.0 Å². The first-order valence-corrected chi connectivity index (χ1v) is 6.65. The molecule has 5 heteroatoms. The molecule has 21 heavy (non-hydrogen) atoms. The molecule has 4 nitrogen and oxygen atoms in total. The predicted octanol–water partition coefficient (Wildman–Crippen LogP) is 2.56. The number of imidazole rings is 1. The van der Waals surface area contributed by atoms with E-state index in [4.69, 9.17) is 0 Å². The number of hydrogen-bond acceptors (Lipinski definition) is 2. The summed E-state index contributed by atoms with van der Waals surface area (Å²) in [7, 11) is 0. The Hall–Kier alpha value is -2.69. The fraction of sp³-hybridized carbons (Fsp3) is 0.125. The molecule has 2 N–H and O–H groups in total. The summed E-state index contributed by atoms with van der Waals surface area (Å²) < 4.78 is 12.8. The van der Waals surface area contributed by atoms with E-state index in [1.54, 1.807) is 12.1 Å². The van der Waals surface area contributed by atoms with E-state index < -0.39 is 0 Å². The van der Waals surface area contributed by atoms with Gasteiger partial charge in [-0.05, 0) is 29.8 Å². The molecule has 0 atom stereocenters. The molecule has 0 radical (unpaired) electrons.